The maximum Gasteiger partial charge on any atom is 0.564 e. The average Bonchev–Trinajstić information content (AvgIpc) is 2.67. The van der Waals surface area contributed by atoms with Crippen LogP contribution < -0.4 is 4.90 Å². The second-order valence-corrected chi connectivity index (χ2v) is 4.43. The lowest BCUT2D eigenvalue weighted by molar-refractivity contribution is -0.787. The van der Waals surface area contributed by atoms with E-state index in [9.17, 15) is 45.3 Å². The molecule has 1 aromatic carbocycles. The van der Waals surface area contributed by atoms with Gasteiger partial charge in [0.05, 0.1) is 15.9 Å². The van der Waals surface area contributed by atoms with Crippen molar-refractivity contribution in [2.75, 3.05) is 11.9 Å². The molecule has 23 heavy (non-hydrogen) atoms. The smallest absolute Gasteiger partial charge is 0.296 e. The number of hydrogen-bond donors (Lipinski definition) is 0. The minimum Gasteiger partial charge on any atom is -0.296 e. The number of fused-ring (bicyclic) bond motifs is 1. The third-order valence-corrected chi connectivity index (χ3v) is 3.32. The molecule has 0 spiro atoms. The Labute approximate surface area is 124 Å². The first-order valence-corrected chi connectivity index (χ1v) is 5.61. The van der Waals surface area contributed by atoms with Gasteiger partial charge in [-0.2, -0.15) is 0 Å². The molecule has 1 amide bonds. The van der Waals surface area contributed by atoms with Crippen molar-refractivity contribution in [1.29, 1.82) is 0 Å². The number of likely N-dealkylation sites (N-methyl/N-ethyl adjacent to an activating group) is 1. The van der Waals surface area contributed by atoms with Crippen molar-refractivity contribution in [2.45, 2.75) is 5.66 Å². The number of nitro benzene ring substituents is 2. The van der Waals surface area contributed by atoms with E-state index in [2.05, 4.69) is 0 Å². The van der Waals surface area contributed by atoms with Crippen LogP contribution in [0.4, 0.5) is 17.1 Å². The summed E-state index contributed by atoms with van der Waals surface area (Å²) in [6, 6.07) is 0.897. The topological polar surface area (TPSA) is 193 Å². The summed E-state index contributed by atoms with van der Waals surface area (Å²) < 4.78 is 0. The van der Waals surface area contributed by atoms with Crippen molar-refractivity contribution < 1.29 is 24.5 Å². The molecule has 2 rings (SSSR count). The van der Waals surface area contributed by atoms with Crippen LogP contribution in [0.25, 0.3) is 0 Å². The summed E-state index contributed by atoms with van der Waals surface area (Å²) in [7, 11) is 0.870. The standard InChI is InChI=1S/C9H5N5O9/c1-10-7-5(9(8(10)15,13(20)21)14(22)23)2-4(11(16)17)3-6(7)12(18)19/h2-3H,1H3. The molecule has 0 unspecified atom stereocenters. The van der Waals surface area contributed by atoms with Gasteiger partial charge in [-0.3, -0.25) is 50.2 Å². The zero-order valence-corrected chi connectivity index (χ0v) is 11.1. The van der Waals surface area contributed by atoms with Gasteiger partial charge in [0.25, 0.3) is 5.69 Å². The molecule has 14 nitrogen and oxygen atoms in total. The number of benzene rings is 1. The summed E-state index contributed by atoms with van der Waals surface area (Å²) in [4.78, 5) is 51.5. The van der Waals surface area contributed by atoms with E-state index < -0.39 is 53.9 Å². The molecule has 0 saturated carbocycles. The summed E-state index contributed by atoms with van der Waals surface area (Å²) in [5.41, 5.74) is -7.32. The maximum absolute atomic E-state index is 12.1. The fourth-order valence-corrected chi connectivity index (χ4v) is 2.34. The first-order chi connectivity index (χ1) is 10.6. The third kappa shape index (κ3) is 1.78. The van der Waals surface area contributed by atoms with Gasteiger partial charge < -0.3 is 0 Å². The Kier molecular flexibility index (Phi) is 3.17. The number of hydrogen-bond acceptors (Lipinski definition) is 9. The molecule has 1 aliphatic heterocycles. The Balaban J connectivity index is 3.02. The van der Waals surface area contributed by atoms with Gasteiger partial charge in [-0.05, 0) is 0 Å². The molecule has 0 N–H and O–H groups in total. The zero-order valence-electron chi connectivity index (χ0n) is 11.1. The second-order valence-electron chi connectivity index (χ2n) is 4.43. The van der Waals surface area contributed by atoms with Crippen LogP contribution in [0, 0.1) is 40.5 Å². The van der Waals surface area contributed by atoms with Crippen LogP contribution in [0.5, 0.6) is 0 Å². The molecule has 0 atom stereocenters. The van der Waals surface area contributed by atoms with Crippen LogP contribution >= 0.6 is 0 Å². The highest BCUT2D eigenvalue weighted by Gasteiger charge is 2.74. The van der Waals surface area contributed by atoms with Crippen LogP contribution in [0.2, 0.25) is 0 Å². The summed E-state index contributed by atoms with van der Waals surface area (Å²) >= 11 is 0. The van der Waals surface area contributed by atoms with Gasteiger partial charge in [-0.1, -0.05) is 0 Å². The second kappa shape index (κ2) is 4.65. The van der Waals surface area contributed by atoms with Crippen LogP contribution in [-0.2, 0) is 10.5 Å². The van der Waals surface area contributed by atoms with E-state index in [1.54, 1.807) is 0 Å². The summed E-state index contributed by atoms with van der Waals surface area (Å²) in [6.45, 7) is 0. The summed E-state index contributed by atoms with van der Waals surface area (Å²) in [5.74, 6) is -1.66. The molecule has 0 aliphatic carbocycles. The number of anilines is 1. The molecule has 0 saturated heterocycles. The van der Waals surface area contributed by atoms with Gasteiger partial charge in [0.2, 0.25) is 0 Å². The molecule has 120 valence electrons. The number of carbonyl (C=O) groups is 1. The van der Waals surface area contributed by atoms with Gasteiger partial charge in [-0.15, -0.1) is 0 Å². The van der Waals surface area contributed by atoms with E-state index in [0.29, 0.717) is 17.0 Å². The van der Waals surface area contributed by atoms with E-state index in [1.807, 2.05) is 0 Å². The number of nitrogens with zero attached hydrogens (tertiary/aromatic N) is 5. The van der Waals surface area contributed by atoms with Crippen molar-refractivity contribution in [3.8, 4) is 0 Å². The van der Waals surface area contributed by atoms with E-state index >= 15 is 0 Å². The largest absolute Gasteiger partial charge is 0.564 e. The third-order valence-electron chi connectivity index (χ3n) is 3.32. The average molecular weight is 327 g/mol. The lowest BCUT2D eigenvalue weighted by atomic mass is 10.0. The minimum absolute atomic E-state index is 0.378. The van der Waals surface area contributed by atoms with Crippen molar-refractivity contribution in [2.24, 2.45) is 0 Å². The van der Waals surface area contributed by atoms with Crippen LogP contribution in [0.3, 0.4) is 0 Å². The quantitative estimate of drug-likeness (QED) is 0.421. The van der Waals surface area contributed by atoms with E-state index in [1.165, 1.54) is 0 Å². The fraction of sp³-hybridized carbons (Fsp3) is 0.222. The van der Waals surface area contributed by atoms with Crippen LogP contribution in [0.1, 0.15) is 5.56 Å². The highest BCUT2D eigenvalue weighted by molar-refractivity contribution is 6.07. The van der Waals surface area contributed by atoms with Gasteiger partial charge in [0, 0.05) is 13.1 Å². The number of rotatable bonds is 4. The Morgan fingerprint density at radius 3 is 1.87 bits per heavy atom. The monoisotopic (exact) mass is 327 g/mol. The molecule has 1 aliphatic rings. The number of non-ortho nitro benzene ring substituents is 1. The minimum atomic E-state index is -3.57. The molecule has 1 heterocycles. The normalized spacial score (nSPS) is 15.2. The molecular formula is C9H5N5O9. The lowest BCUT2D eigenvalue weighted by Gasteiger charge is -2.10. The zero-order chi connectivity index (χ0) is 17.7. The molecule has 0 radical (unpaired) electrons. The number of amides is 1. The molecule has 0 aromatic heterocycles. The molecule has 0 fully saturated rings. The Morgan fingerprint density at radius 1 is 0.957 bits per heavy atom. The summed E-state index contributed by atoms with van der Waals surface area (Å²) in [5, 5.41) is 44.3. The van der Waals surface area contributed by atoms with Gasteiger partial charge in [-0.25, -0.2) is 0 Å². The predicted molar refractivity (Wildman–Crippen MR) is 68.8 cm³/mol. The van der Waals surface area contributed by atoms with Crippen LogP contribution in [0.15, 0.2) is 12.1 Å². The molecule has 0 bridgehead atoms. The Morgan fingerprint density at radius 2 is 1.48 bits per heavy atom. The summed E-state index contributed by atoms with van der Waals surface area (Å²) in [6.07, 6.45) is 0. The van der Waals surface area contributed by atoms with Gasteiger partial charge in [0.1, 0.15) is 15.5 Å². The first kappa shape index (κ1) is 15.7. The van der Waals surface area contributed by atoms with E-state index in [0.717, 1.165) is 7.05 Å². The first-order valence-electron chi connectivity index (χ1n) is 5.61. The van der Waals surface area contributed by atoms with Crippen molar-refractivity contribution in [3.63, 3.8) is 0 Å². The molecular weight excluding hydrogens is 322 g/mol. The highest BCUT2D eigenvalue weighted by atomic mass is 16.7. The van der Waals surface area contributed by atoms with E-state index in [4.69, 9.17) is 0 Å². The van der Waals surface area contributed by atoms with Crippen molar-refractivity contribution in [1.82, 2.24) is 0 Å². The van der Waals surface area contributed by atoms with Crippen molar-refractivity contribution in [3.05, 3.63) is 58.2 Å². The molecule has 1 aromatic rings. The number of nitro groups is 4. The predicted octanol–water partition coefficient (Wildman–Crippen LogP) is 0.186. The fourth-order valence-electron chi connectivity index (χ4n) is 2.34. The lowest BCUT2D eigenvalue weighted by Crippen LogP contribution is -2.51. The maximum atomic E-state index is 12.1. The highest BCUT2D eigenvalue weighted by Crippen LogP contribution is 2.48. The van der Waals surface area contributed by atoms with E-state index in [-0.39, 0.29) is 0 Å². The SMILES string of the molecule is CN1C(=O)C([N+](=O)[O-])([N+](=O)[O-])c2cc([N+](=O)[O-])cc([N+](=O)[O-])c21. The Bertz CT molecular complexity index is 789. The van der Waals surface area contributed by atoms with Gasteiger partial charge >= 0.3 is 17.3 Å². The number of carbonyl (C=O) groups excluding carboxylic acids is 1. The van der Waals surface area contributed by atoms with Crippen molar-refractivity contribution >= 4 is 23.0 Å². The Hall–Kier alpha value is -3.71. The molecule has 14 heteroatoms. The van der Waals surface area contributed by atoms with Crippen LogP contribution in [-0.4, -0.2) is 32.6 Å². The van der Waals surface area contributed by atoms with Gasteiger partial charge in [0.15, 0.2) is 5.56 Å².